The van der Waals surface area contributed by atoms with Crippen LogP contribution in [-0.2, 0) is 0 Å². The molecule has 3 heterocycles. The van der Waals surface area contributed by atoms with Gasteiger partial charge in [0.25, 0.3) is 0 Å². The van der Waals surface area contributed by atoms with Crippen molar-refractivity contribution in [2.75, 3.05) is 4.90 Å². The number of halogens is 1. The number of benzene rings is 2. The van der Waals surface area contributed by atoms with Crippen LogP contribution in [0.25, 0.3) is 11.3 Å². The monoisotopic (exact) mass is 577 g/mol. The second-order valence-corrected chi connectivity index (χ2v) is 9.78. The third-order valence-corrected chi connectivity index (χ3v) is 7.35. The zero-order chi connectivity index (χ0) is 26.3. The highest BCUT2D eigenvalue weighted by Crippen LogP contribution is 2.43. The Morgan fingerprint density at radius 1 is 1.03 bits per heavy atom. The van der Waals surface area contributed by atoms with Gasteiger partial charge in [0.15, 0.2) is 5.11 Å². The lowest BCUT2D eigenvalue weighted by Gasteiger charge is -2.26. The molecular weight excluding hydrogens is 558 g/mol. The van der Waals surface area contributed by atoms with E-state index >= 15 is 0 Å². The van der Waals surface area contributed by atoms with Crippen molar-refractivity contribution in [1.29, 1.82) is 0 Å². The van der Waals surface area contributed by atoms with Gasteiger partial charge in [0, 0.05) is 21.9 Å². The summed E-state index contributed by atoms with van der Waals surface area (Å²) >= 11 is 9.29. The number of hydrogen-bond acceptors (Lipinski definition) is 5. The lowest BCUT2D eigenvalue weighted by molar-refractivity contribution is 0.0696. The number of thiocarbonyl (C=S) groups is 1. The maximum atomic E-state index is 11.6. The predicted octanol–water partition coefficient (Wildman–Crippen LogP) is 5.99. The van der Waals surface area contributed by atoms with Gasteiger partial charge in [0.05, 0.1) is 22.9 Å². The Bertz CT molecular complexity index is 1510. The Hall–Kier alpha value is -4.02. The number of furan rings is 1. The Balaban J connectivity index is 1.62. The van der Waals surface area contributed by atoms with Crippen LogP contribution in [0.4, 0.5) is 5.69 Å². The van der Waals surface area contributed by atoms with Gasteiger partial charge in [-0.25, -0.2) is 9.59 Å². The molecule has 1 aliphatic rings. The van der Waals surface area contributed by atoms with Crippen molar-refractivity contribution in [3.05, 3.63) is 106 Å². The highest BCUT2D eigenvalue weighted by atomic mass is 79.9. The quantitative estimate of drug-likeness (QED) is 0.238. The van der Waals surface area contributed by atoms with Crippen LogP contribution in [-0.4, -0.2) is 32.2 Å². The molecule has 0 spiro atoms. The SMILES string of the molecule is Cc1cc(N2C(=S)NC(c3ccccn3)C2c2ccc(-c3cc(C(=O)O)cc(C(=O)O)c3)o2)ccc1Br. The van der Waals surface area contributed by atoms with Crippen LogP contribution >= 0.6 is 28.1 Å². The van der Waals surface area contributed by atoms with Crippen molar-refractivity contribution in [1.82, 2.24) is 10.3 Å². The highest BCUT2D eigenvalue weighted by molar-refractivity contribution is 9.10. The van der Waals surface area contributed by atoms with Gasteiger partial charge in [-0.2, -0.15) is 0 Å². The largest absolute Gasteiger partial charge is 0.478 e. The first kappa shape index (κ1) is 24.7. The molecule has 10 heteroatoms. The number of carboxylic acid groups (broad SMARTS) is 2. The van der Waals surface area contributed by atoms with E-state index in [2.05, 4.69) is 26.2 Å². The van der Waals surface area contributed by atoms with E-state index in [1.807, 2.05) is 48.2 Å². The highest BCUT2D eigenvalue weighted by Gasteiger charge is 2.42. The van der Waals surface area contributed by atoms with E-state index in [0.29, 0.717) is 22.2 Å². The molecule has 3 N–H and O–H groups in total. The van der Waals surface area contributed by atoms with Gasteiger partial charge in [-0.05, 0) is 85.4 Å². The topological polar surface area (TPSA) is 116 Å². The average Bonchev–Trinajstić information content (AvgIpc) is 3.50. The molecule has 5 rings (SSSR count). The Labute approximate surface area is 225 Å². The summed E-state index contributed by atoms with van der Waals surface area (Å²) in [5.74, 6) is -1.57. The van der Waals surface area contributed by atoms with E-state index in [0.717, 1.165) is 27.5 Å². The maximum Gasteiger partial charge on any atom is 0.335 e. The lowest BCUT2D eigenvalue weighted by atomic mass is 10.0. The summed E-state index contributed by atoms with van der Waals surface area (Å²) in [6, 6.07) is 18.2. The van der Waals surface area contributed by atoms with Crippen molar-refractivity contribution in [2.24, 2.45) is 0 Å². The van der Waals surface area contributed by atoms with Crippen LogP contribution in [0, 0.1) is 6.92 Å². The van der Waals surface area contributed by atoms with E-state index < -0.39 is 18.0 Å². The van der Waals surface area contributed by atoms with Gasteiger partial charge in [-0.3, -0.25) is 4.98 Å². The van der Waals surface area contributed by atoms with Crippen molar-refractivity contribution in [3.63, 3.8) is 0 Å². The first-order valence-corrected chi connectivity index (χ1v) is 12.4. The molecule has 2 aromatic heterocycles. The second-order valence-electron chi connectivity index (χ2n) is 8.54. The summed E-state index contributed by atoms with van der Waals surface area (Å²) < 4.78 is 7.24. The van der Waals surface area contributed by atoms with E-state index in [1.165, 1.54) is 12.1 Å². The van der Waals surface area contributed by atoms with Crippen LogP contribution in [0.1, 0.15) is 49.8 Å². The number of rotatable bonds is 6. The van der Waals surface area contributed by atoms with Crippen molar-refractivity contribution in [3.8, 4) is 11.3 Å². The summed E-state index contributed by atoms with van der Waals surface area (Å²) in [5, 5.41) is 22.8. The number of aromatic carboxylic acids is 2. The molecule has 0 radical (unpaired) electrons. The first-order chi connectivity index (χ1) is 17.7. The third-order valence-electron chi connectivity index (χ3n) is 6.15. The van der Waals surface area contributed by atoms with Gasteiger partial charge < -0.3 is 24.8 Å². The molecular formula is C27H20BrN3O5S. The fourth-order valence-corrected chi connectivity index (χ4v) is 4.98. The number of pyridine rings is 1. The normalized spacial score (nSPS) is 17.0. The zero-order valence-electron chi connectivity index (χ0n) is 19.4. The van der Waals surface area contributed by atoms with Crippen molar-refractivity contribution in [2.45, 2.75) is 19.0 Å². The molecule has 0 amide bonds. The fraction of sp³-hybridized carbons (Fsp3) is 0.111. The molecule has 1 saturated heterocycles. The Morgan fingerprint density at radius 3 is 2.38 bits per heavy atom. The molecule has 8 nitrogen and oxygen atoms in total. The number of nitrogens with zero attached hydrogens (tertiary/aromatic N) is 2. The van der Waals surface area contributed by atoms with E-state index in [4.69, 9.17) is 16.6 Å². The minimum Gasteiger partial charge on any atom is -0.478 e. The lowest BCUT2D eigenvalue weighted by Crippen LogP contribution is -2.29. The molecule has 0 saturated carbocycles. The molecule has 0 bridgehead atoms. The van der Waals surface area contributed by atoms with E-state index in [-0.39, 0.29) is 17.2 Å². The summed E-state index contributed by atoms with van der Waals surface area (Å²) in [4.78, 5) is 29.7. The zero-order valence-corrected chi connectivity index (χ0v) is 21.8. The maximum absolute atomic E-state index is 11.6. The van der Waals surface area contributed by atoms with Gasteiger partial charge in [-0.15, -0.1) is 0 Å². The number of aryl methyl sites for hydroxylation is 1. The fourth-order valence-electron chi connectivity index (χ4n) is 4.38. The van der Waals surface area contributed by atoms with Crippen LogP contribution in [0.2, 0.25) is 0 Å². The van der Waals surface area contributed by atoms with Crippen LogP contribution in [0.15, 0.2) is 81.8 Å². The third kappa shape index (κ3) is 4.73. The minimum atomic E-state index is -1.23. The average molecular weight is 578 g/mol. The van der Waals surface area contributed by atoms with Crippen molar-refractivity contribution >= 4 is 50.9 Å². The molecule has 1 aliphatic heterocycles. The molecule has 4 aromatic rings. The Morgan fingerprint density at radius 2 is 1.76 bits per heavy atom. The number of nitrogens with one attached hydrogen (secondary N) is 1. The van der Waals surface area contributed by atoms with Gasteiger partial charge >= 0.3 is 11.9 Å². The summed E-state index contributed by atoms with van der Waals surface area (Å²) in [5.41, 5.74) is 2.72. The molecule has 37 heavy (non-hydrogen) atoms. The number of aromatic nitrogens is 1. The molecule has 2 aromatic carbocycles. The minimum absolute atomic E-state index is 0.144. The van der Waals surface area contributed by atoms with Gasteiger partial charge in [0.2, 0.25) is 0 Å². The molecule has 1 fully saturated rings. The number of carbonyl (C=O) groups is 2. The molecule has 2 unspecified atom stereocenters. The second kappa shape index (κ2) is 9.79. The summed E-state index contributed by atoms with van der Waals surface area (Å²) in [7, 11) is 0. The molecule has 2 atom stereocenters. The van der Waals surface area contributed by atoms with Crippen LogP contribution < -0.4 is 10.2 Å². The first-order valence-electron chi connectivity index (χ1n) is 11.2. The van der Waals surface area contributed by atoms with E-state index in [9.17, 15) is 19.8 Å². The van der Waals surface area contributed by atoms with Crippen LogP contribution in [0.5, 0.6) is 0 Å². The van der Waals surface area contributed by atoms with E-state index in [1.54, 1.807) is 18.3 Å². The number of carboxylic acids is 2. The summed E-state index contributed by atoms with van der Waals surface area (Å²) in [6.45, 7) is 1.99. The van der Waals surface area contributed by atoms with Crippen LogP contribution in [0.3, 0.4) is 0 Å². The molecule has 0 aliphatic carbocycles. The van der Waals surface area contributed by atoms with Gasteiger partial charge in [-0.1, -0.05) is 22.0 Å². The van der Waals surface area contributed by atoms with Crippen molar-refractivity contribution < 1.29 is 24.2 Å². The summed E-state index contributed by atoms with van der Waals surface area (Å²) in [6.07, 6.45) is 1.71. The van der Waals surface area contributed by atoms with Gasteiger partial charge in [0.1, 0.15) is 17.6 Å². The standard InChI is InChI=1S/C27H20BrN3O5S/c1-14-10-18(5-6-19(14)28)31-24(23(30-27(31)37)20-4-2-3-9-29-20)22-8-7-21(36-22)15-11-16(25(32)33)13-17(12-15)26(34)35/h2-13,23-24H,1H3,(H,30,37)(H,32,33)(H,34,35). The molecule has 186 valence electrons. The smallest absolute Gasteiger partial charge is 0.335 e. The number of anilines is 1. The predicted molar refractivity (Wildman–Crippen MR) is 145 cm³/mol. The Kier molecular flexibility index (Phi) is 6.53. The number of hydrogen-bond donors (Lipinski definition) is 3.